The van der Waals surface area contributed by atoms with Crippen LogP contribution in [0.4, 0.5) is 0 Å². The molecule has 0 aliphatic carbocycles. The van der Waals surface area contributed by atoms with E-state index in [2.05, 4.69) is 15.6 Å². The number of guanidine groups is 1. The number of benzene rings is 2. The molecular formula is C23H32N4O2. The van der Waals surface area contributed by atoms with Gasteiger partial charge in [-0.1, -0.05) is 42.5 Å². The van der Waals surface area contributed by atoms with Crippen molar-refractivity contribution in [1.82, 2.24) is 15.5 Å². The summed E-state index contributed by atoms with van der Waals surface area (Å²) in [5.74, 6) is 0.702. The maximum absolute atomic E-state index is 12.1. The summed E-state index contributed by atoms with van der Waals surface area (Å²) in [5, 5.41) is 16.3. The van der Waals surface area contributed by atoms with Gasteiger partial charge in [0.25, 0.3) is 5.91 Å². The summed E-state index contributed by atoms with van der Waals surface area (Å²) in [6.45, 7) is 4.03. The van der Waals surface area contributed by atoms with Crippen LogP contribution in [0.15, 0.2) is 59.6 Å². The predicted octanol–water partition coefficient (Wildman–Crippen LogP) is 2.26. The van der Waals surface area contributed by atoms with E-state index < -0.39 is 0 Å². The summed E-state index contributed by atoms with van der Waals surface area (Å²) in [6.07, 6.45) is 0.779. The summed E-state index contributed by atoms with van der Waals surface area (Å²) in [6, 6.07) is 17.6. The number of amides is 1. The SMILES string of the molecule is CCNC(=NCC(CO)c1ccccc1)NCCc1cccc(C(=O)N(C)C)c1. The van der Waals surface area contributed by atoms with Crippen molar-refractivity contribution in [3.63, 3.8) is 0 Å². The van der Waals surface area contributed by atoms with Crippen LogP contribution in [0, 0.1) is 0 Å². The first-order chi connectivity index (χ1) is 14.0. The second-order valence-electron chi connectivity index (χ2n) is 7.09. The van der Waals surface area contributed by atoms with Crippen LogP contribution in [-0.4, -0.2) is 62.2 Å². The zero-order valence-corrected chi connectivity index (χ0v) is 17.6. The maximum atomic E-state index is 12.1. The molecule has 2 aromatic rings. The zero-order chi connectivity index (χ0) is 21.1. The molecule has 0 aliphatic heterocycles. The molecule has 6 heteroatoms. The highest BCUT2D eigenvalue weighted by atomic mass is 16.3. The molecule has 2 rings (SSSR count). The molecule has 0 saturated heterocycles. The van der Waals surface area contributed by atoms with E-state index in [1.807, 2.05) is 61.5 Å². The van der Waals surface area contributed by atoms with Gasteiger partial charge in [-0.2, -0.15) is 0 Å². The number of nitrogens with zero attached hydrogens (tertiary/aromatic N) is 2. The van der Waals surface area contributed by atoms with Crippen LogP contribution in [0.25, 0.3) is 0 Å². The third kappa shape index (κ3) is 7.23. The van der Waals surface area contributed by atoms with Gasteiger partial charge in [0.05, 0.1) is 13.2 Å². The number of aliphatic imine (C=N–C) groups is 1. The summed E-state index contributed by atoms with van der Waals surface area (Å²) >= 11 is 0. The fourth-order valence-corrected chi connectivity index (χ4v) is 2.98. The molecular weight excluding hydrogens is 364 g/mol. The van der Waals surface area contributed by atoms with E-state index in [4.69, 9.17) is 0 Å². The molecule has 2 aromatic carbocycles. The minimum absolute atomic E-state index is 0.00525. The van der Waals surface area contributed by atoms with Crippen LogP contribution in [0.1, 0.15) is 34.3 Å². The minimum atomic E-state index is -0.0274. The van der Waals surface area contributed by atoms with Crippen molar-refractivity contribution in [3.8, 4) is 0 Å². The van der Waals surface area contributed by atoms with E-state index in [9.17, 15) is 9.90 Å². The monoisotopic (exact) mass is 396 g/mol. The molecule has 0 aromatic heterocycles. The van der Waals surface area contributed by atoms with Crippen LogP contribution in [0.3, 0.4) is 0 Å². The van der Waals surface area contributed by atoms with Gasteiger partial charge in [-0.25, -0.2) is 0 Å². The Balaban J connectivity index is 1.94. The quantitative estimate of drug-likeness (QED) is 0.449. The summed E-state index contributed by atoms with van der Waals surface area (Å²) in [4.78, 5) is 18.3. The van der Waals surface area contributed by atoms with Gasteiger partial charge in [-0.15, -0.1) is 0 Å². The number of nitrogens with one attached hydrogen (secondary N) is 2. The van der Waals surface area contributed by atoms with E-state index >= 15 is 0 Å². The van der Waals surface area contributed by atoms with E-state index in [1.165, 1.54) is 0 Å². The standard InChI is InChI=1S/C23H32N4O2/c1-4-24-23(26-16-21(17-28)19-10-6-5-7-11-19)25-14-13-18-9-8-12-20(15-18)22(29)27(2)3/h5-12,15,21,28H,4,13-14,16-17H2,1-3H3,(H2,24,25,26). The van der Waals surface area contributed by atoms with E-state index in [0.717, 1.165) is 30.1 Å². The van der Waals surface area contributed by atoms with Crippen molar-refractivity contribution >= 4 is 11.9 Å². The van der Waals surface area contributed by atoms with Crippen molar-refractivity contribution in [1.29, 1.82) is 0 Å². The Morgan fingerprint density at radius 2 is 1.86 bits per heavy atom. The van der Waals surface area contributed by atoms with Crippen molar-refractivity contribution < 1.29 is 9.90 Å². The van der Waals surface area contributed by atoms with Gasteiger partial charge in [0, 0.05) is 38.7 Å². The zero-order valence-electron chi connectivity index (χ0n) is 17.6. The lowest BCUT2D eigenvalue weighted by Gasteiger charge is -2.15. The Morgan fingerprint density at radius 1 is 1.10 bits per heavy atom. The Morgan fingerprint density at radius 3 is 2.52 bits per heavy atom. The summed E-state index contributed by atoms with van der Waals surface area (Å²) in [7, 11) is 3.51. The van der Waals surface area contributed by atoms with Crippen molar-refractivity contribution in [2.24, 2.45) is 4.99 Å². The first kappa shape index (κ1) is 22.4. The molecule has 6 nitrogen and oxygen atoms in total. The topological polar surface area (TPSA) is 77.0 Å². The second-order valence-corrected chi connectivity index (χ2v) is 7.09. The third-order valence-corrected chi connectivity index (χ3v) is 4.59. The van der Waals surface area contributed by atoms with Gasteiger partial charge in [-0.3, -0.25) is 9.79 Å². The molecule has 0 heterocycles. The molecule has 0 aliphatic rings. The lowest BCUT2D eigenvalue weighted by Crippen LogP contribution is -2.38. The first-order valence-electron chi connectivity index (χ1n) is 10.0. The van der Waals surface area contributed by atoms with Gasteiger partial charge < -0.3 is 20.6 Å². The van der Waals surface area contributed by atoms with Crippen LogP contribution in [0.5, 0.6) is 0 Å². The number of aliphatic hydroxyl groups is 1. The highest BCUT2D eigenvalue weighted by Gasteiger charge is 2.10. The fraction of sp³-hybridized carbons (Fsp3) is 0.391. The van der Waals surface area contributed by atoms with E-state index in [1.54, 1.807) is 19.0 Å². The van der Waals surface area contributed by atoms with Gasteiger partial charge in [0.2, 0.25) is 0 Å². The molecule has 156 valence electrons. The van der Waals surface area contributed by atoms with E-state index in [0.29, 0.717) is 18.7 Å². The number of aliphatic hydroxyl groups excluding tert-OH is 1. The number of carbonyl (C=O) groups excluding carboxylic acids is 1. The normalized spacial score (nSPS) is 12.3. The third-order valence-electron chi connectivity index (χ3n) is 4.59. The van der Waals surface area contributed by atoms with Crippen molar-refractivity contribution in [3.05, 3.63) is 71.3 Å². The van der Waals surface area contributed by atoms with Gasteiger partial charge in [-0.05, 0) is 36.6 Å². The average Bonchev–Trinajstić information content (AvgIpc) is 2.74. The fourth-order valence-electron chi connectivity index (χ4n) is 2.98. The predicted molar refractivity (Wildman–Crippen MR) is 118 cm³/mol. The van der Waals surface area contributed by atoms with Crippen LogP contribution in [0.2, 0.25) is 0 Å². The lowest BCUT2D eigenvalue weighted by atomic mass is 10.0. The Kier molecular flexibility index (Phi) is 9.18. The lowest BCUT2D eigenvalue weighted by molar-refractivity contribution is 0.0827. The summed E-state index contributed by atoms with van der Waals surface area (Å²) in [5.41, 5.74) is 2.87. The molecule has 0 spiro atoms. The molecule has 0 fully saturated rings. The number of carbonyl (C=O) groups is 1. The molecule has 29 heavy (non-hydrogen) atoms. The van der Waals surface area contributed by atoms with Crippen LogP contribution < -0.4 is 10.6 Å². The minimum Gasteiger partial charge on any atom is -0.396 e. The van der Waals surface area contributed by atoms with Gasteiger partial charge >= 0.3 is 0 Å². The van der Waals surface area contributed by atoms with Gasteiger partial charge in [0.15, 0.2) is 5.96 Å². The van der Waals surface area contributed by atoms with Crippen LogP contribution in [-0.2, 0) is 6.42 Å². The average molecular weight is 397 g/mol. The first-order valence-corrected chi connectivity index (χ1v) is 10.0. The largest absolute Gasteiger partial charge is 0.396 e. The van der Waals surface area contributed by atoms with Crippen molar-refractivity contribution in [2.75, 3.05) is 40.3 Å². The maximum Gasteiger partial charge on any atom is 0.253 e. The molecule has 3 N–H and O–H groups in total. The molecule has 0 saturated carbocycles. The second kappa shape index (κ2) is 11.9. The Hall–Kier alpha value is -2.86. The highest BCUT2D eigenvalue weighted by Crippen LogP contribution is 2.15. The Bertz CT molecular complexity index is 790. The number of hydrogen-bond donors (Lipinski definition) is 3. The number of rotatable bonds is 9. The van der Waals surface area contributed by atoms with Crippen LogP contribution >= 0.6 is 0 Å². The molecule has 1 unspecified atom stereocenters. The highest BCUT2D eigenvalue weighted by molar-refractivity contribution is 5.94. The van der Waals surface area contributed by atoms with Gasteiger partial charge in [0.1, 0.15) is 0 Å². The Labute approximate surface area is 173 Å². The summed E-state index contributed by atoms with van der Waals surface area (Å²) < 4.78 is 0. The smallest absolute Gasteiger partial charge is 0.253 e. The molecule has 1 amide bonds. The number of hydrogen-bond acceptors (Lipinski definition) is 3. The molecule has 0 radical (unpaired) electrons. The van der Waals surface area contributed by atoms with E-state index in [-0.39, 0.29) is 18.4 Å². The van der Waals surface area contributed by atoms with Crippen molar-refractivity contribution in [2.45, 2.75) is 19.3 Å². The molecule has 1 atom stereocenters. The molecule has 0 bridgehead atoms.